The number of hydrogen-bond donors (Lipinski definition) is 2. The molecule has 8 heteroatoms. The van der Waals surface area contributed by atoms with E-state index in [0.29, 0.717) is 34.4 Å². The van der Waals surface area contributed by atoms with Crippen molar-refractivity contribution in [1.29, 1.82) is 0 Å². The highest BCUT2D eigenvalue weighted by atomic mass is 16.5. The van der Waals surface area contributed by atoms with Gasteiger partial charge in [-0.2, -0.15) is 0 Å². The van der Waals surface area contributed by atoms with Gasteiger partial charge in [-0.3, -0.25) is 4.79 Å². The molecule has 0 saturated heterocycles. The minimum absolute atomic E-state index is 0.324. The number of nitrogens with one attached hydrogen (secondary N) is 2. The van der Waals surface area contributed by atoms with Gasteiger partial charge in [0.05, 0.1) is 27.0 Å². The summed E-state index contributed by atoms with van der Waals surface area (Å²) in [5.41, 5.74) is 1.18. The molecule has 0 saturated carbocycles. The molecule has 1 heterocycles. The number of carbonyl (C=O) groups is 1. The van der Waals surface area contributed by atoms with Crippen LogP contribution in [-0.4, -0.2) is 37.4 Å². The topological polar surface area (TPSA) is 94.6 Å². The third-order valence-corrected chi connectivity index (χ3v) is 3.92. The Balaban J connectivity index is 1.69. The maximum atomic E-state index is 12.4. The van der Waals surface area contributed by atoms with E-state index < -0.39 is 0 Å². The first-order valence-corrected chi connectivity index (χ1v) is 8.41. The quantitative estimate of drug-likeness (QED) is 0.648. The Labute approximate surface area is 162 Å². The lowest BCUT2D eigenvalue weighted by molar-refractivity contribution is 0.102. The SMILES string of the molecule is COc1ccccc1Nc1ccc(NC(=O)c2ccc(OC)c(OC)c2)nn1. The smallest absolute Gasteiger partial charge is 0.257 e. The molecule has 0 atom stereocenters. The van der Waals surface area contributed by atoms with E-state index in [-0.39, 0.29) is 5.91 Å². The van der Waals surface area contributed by atoms with Crippen molar-refractivity contribution in [3.63, 3.8) is 0 Å². The second-order valence-corrected chi connectivity index (χ2v) is 5.65. The van der Waals surface area contributed by atoms with Crippen molar-refractivity contribution in [1.82, 2.24) is 10.2 Å². The number of amides is 1. The van der Waals surface area contributed by atoms with Crippen molar-refractivity contribution in [3.8, 4) is 17.2 Å². The fourth-order valence-electron chi connectivity index (χ4n) is 2.52. The summed E-state index contributed by atoms with van der Waals surface area (Å²) in [4.78, 5) is 12.4. The number of aromatic nitrogens is 2. The largest absolute Gasteiger partial charge is 0.495 e. The van der Waals surface area contributed by atoms with Gasteiger partial charge >= 0.3 is 0 Å². The van der Waals surface area contributed by atoms with E-state index in [2.05, 4.69) is 20.8 Å². The molecule has 0 unspecified atom stereocenters. The van der Waals surface area contributed by atoms with E-state index in [0.717, 1.165) is 5.69 Å². The normalized spacial score (nSPS) is 10.1. The number of carbonyl (C=O) groups excluding carboxylic acids is 1. The number of para-hydroxylation sites is 2. The monoisotopic (exact) mass is 380 g/mol. The number of hydrogen-bond acceptors (Lipinski definition) is 7. The first kappa shape index (κ1) is 19.0. The van der Waals surface area contributed by atoms with Gasteiger partial charge in [-0.1, -0.05) is 12.1 Å². The number of benzene rings is 2. The maximum absolute atomic E-state index is 12.4. The van der Waals surface area contributed by atoms with Gasteiger partial charge in [0.25, 0.3) is 5.91 Å². The van der Waals surface area contributed by atoms with Crippen LogP contribution in [0.25, 0.3) is 0 Å². The molecule has 2 aromatic carbocycles. The zero-order valence-corrected chi connectivity index (χ0v) is 15.7. The van der Waals surface area contributed by atoms with E-state index in [4.69, 9.17) is 14.2 Å². The summed E-state index contributed by atoms with van der Waals surface area (Å²) < 4.78 is 15.7. The zero-order valence-electron chi connectivity index (χ0n) is 15.7. The Hall–Kier alpha value is -3.81. The molecule has 0 aliphatic rings. The third-order valence-electron chi connectivity index (χ3n) is 3.92. The molecule has 1 aromatic heterocycles. The summed E-state index contributed by atoms with van der Waals surface area (Å²) in [6.07, 6.45) is 0. The van der Waals surface area contributed by atoms with E-state index >= 15 is 0 Å². The van der Waals surface area contributed by atoms with Gasteiger partial charge < -0.3 is 24.8 Å². The Kier molecular flexibility index (Phi) is 5.91. The lowest BCUT2D eigenvalue weighted by atomic mass is 10.2. The third kappa shape index (κ3) is 4.29. The Morgan fingerprint density at radius 1 is 0.786 bits per heavy atom. The van der Waals surface area contributed by atoms with Crippen molar-refractivity contribution in [3.05, 3.63) is 60.2 Å². The standard InChI is InChI=1S/C20H20N4O4/c1-26-15-7-5-4-6-14(15)21-18-10-11-19(24-23-18)22-20(25)13-8-9-16(27-2)17(12-13)28-3/h4-12H,1-3H3,(H,21,23)(H,22,24,25). The molecule has 0 radical (unpaired) electrons. The Morgan fingerprint density at radius 2 is 1.46 bits per heavy atom. The van der Waals surface area contributed by atoms with Crippen LogP contribution in [0.1, 0.15) is 10.4 Å². The molecule has 28 heavy (non-hydrogen) atoms. The molecule has 8 nitrogen and oxygen atoms in total. The summed E-state index contributed by atoms with van der Waals surface area (Å²) in [5.74, 6) is 2.22. The predicted octanol–water partition coefficient (Wildman–Crippen LogP) is 3.50. The molecule has 0 aliphatic heterocycles. The van der Waals surface area contributed by atoms with Crippen LogP contribution >= 0.6 is 0 Å². The Morgan fingerprint density at radius 3 is 2.14 bits per heavy atom. The number of ether oxygens (including phenoxy) is 3. The van der Waals surface area contributed by atoms with Crippen molar-refractivity contribution in [2.24, 2.45) is 0 Å². The fourth-order valence-corrected chi connectivity index (χ4v) is 2.52. The van der Waals surface area contributed by atoms with Crippen LogP contribution in [0, 0.1) is 0 Å². The van der Waals surface area contributed by atoms with E-state index in [1.165, 1.54) is 14.2 Å². The second-order valence-electron chi connectivity index (χ2n) is 5.65. The van der Waals surface area contributed by atoms with Crippen LogP contribution in [0.2, 0.25) is 0 Å². The number of methoxy groups -OCH3 is 3. The molecule has 2 N–H and O–H groups in total. The summed E-state index contributed by atoms with van der Waals surface area (Å²) >= 11 is 0. The van der Waals surface area contributed by atoms with Crippen LogP contribution in [0.4, 0.5) is 17.3 Å². The number of rotatable bonds is 7. The molecule has 0 fully saturated rings. The van der Waals surface area contributed by atoms with Crippen LogP contribution in [0.3, 0.4) is 0 Å². The van der Waals surface area contributed by atoms with Crippen molar-refractivity contribution >= 4 is 23.2 Å². The van der Waals surface area contributed by atoms with Crippen LogP contribution in [-0.2, 0) is 0 Å². The molecular weight excluding hydrogens is 360 g/mol. The average molecular weight is 380 g/mol. The first-order valence-electron chi connectivity index (χ1n) is 8.41. The second kappa shape index (κ2) is 8.72. The molecule has 0 aliphatic carbocycles. The van der Waals surface area contributed by atoms with Gasteiger partial charge in [0.15, 0.2) is 23.1 Å². The first-order chi connectivity index (χ1) is 13.6. The fraction of sp³-hybridized carbons (Fsp3) is 0.150. The minimum atomic E-state index is -0.333. The molecule has 3 rings (SSSR count). The van der Waals surface area contributed by atoms with Gasteiger partial charge in [0.2, 0.25) is 0 Å². The Bertz CT molecular complexity index is 961. The molecular formula is C20H20N4O4. The van der Waals surface area contributed by atoms with Crippen molar-refractivity contribution in [2.45, 2.75) is 0 Å². The van der Waals surface area contributed by atoms with Gasteiger partial charge in [-0.05, 0) is 42.5 Å². The highest BCUT2D eigenvalue weighted by Gasteiger charge is 2.12. The van der Waals surface area contributed by atoms with Crippen LogP contribution in [0.15, 0.2) is 54.6 Å². The maximum Gasteiger partial charge on any atom is 0.257 e. The summed E-state index contributed by atoms with van der Waals surface area (Å²) in [6, 6.07) is 15.7. The van der Waals surface area contributed by atoms with E-state index in [1.54, 1.807) is 37.4 Å². The average Bonchev–Trinajstić information content (AvgIpc) is 2.74. The van der Waals surface area contributed by atoms with Crippen molar-refractivity contribution < 1.29 is 19.0 Å². The van der Waals surface area contributed by atoms with Gasteiger partial charge in [-0.15, -0.1) is 10.2 Å². The zero-order chi connectivity index (χ0) is 19.9. The van der Waals surface area contributed by atoms with E-state index in [9.17, 15) is 4.79 Å². The summed E-state index contributed by atoms with van der Waals surface area (Å²) in [6.45, 7) is 0. The van der Waals surface area contributed by atoms with Gasteiger partial charge in [0.1, 0.15) is 5.75 Å². The van der Waals surface area contributed by atoms with Gasteiger partial charge in [-0.25, -0.2) is 0 Å². The summed E-state index contributed by atoms with van der Waals surface area (Å²) in [5, 5.41) is 13.9. The molecule has 0 bridgehead atoms. The molecule has 3 aromatic rings. The number of nitrogens with zero attached hydrogens (tertiary/aromatic N) is 2. The van der Waals surface area contributed by atoms with Crippen LogP contribution < -0.4 is 24.8 Å². The predicted molar refractivity (Wildman–Crippen MR) is 106 cm³/mol. The molecule has 144 valence electrons. The lowest BCUT2D eigenvalue weighted by Gasteiger charge is -2.11. The summed E-state index contributed by atoms with van der Waals surface area (Å²) in [7, 11) is 4.64. The highest BCUT2D eigenvalue weighted by Crippen LogP contribution is 2.28. The van der Waals surface area contributed by atoms with E-state index in [1.807, 2.05) is 24.3 Å². The van der Waals surface area contributed by atoms with Crippen LogP contribution in [0.5, 0.6) is 17.2 Å². The molecule has 1 amide bonds. The van der Waals surface area contributed by atoms with Gasteiger partial charge in [0, 0.05) is 5.56 Å². The lowest BCUT2D eigenvalue weighted by Crippen LogP contribution is -2.13. The molecule has 0 spiro atoms. The number of anilines is 3. The highest BCUT2D eigenvalue weighted by molar-refractivity contribution is 6.04. The minimum Gasteiger partial charge on any atom is -0.495 e. The van der Waals surface area contributed by atoms with Crippen molar-refractivity contribution in [2.75, 3.05) is 32.0 Å².